The molecule has 0 aliphatic heterocycles. The predicted molar refractivity (Wildman–Crippen MR) is 75.0 cm³/mol. The molecule has 1 aromatic carbocycles. The van der Waals surface area contributed by atoms with Gasteiger partial charge in [-0.25, -0.2) is 5.10 Å². The zero-order chi connectivity index (χ0) is 13.8. The Morgan fingerprint density at radius 2 is 2.00 bits per heavy atom. The number of nitrogens with one attached hydrogen (secondary N) is 1. The first-order chi connectivity index (χ1) is 9.06. The fourth-order valence-corrected chi connectivity index (χ4v) is 1.55. The molecule has 0 radical (unpaired) electrons. The van der Waals surface area contributed by atoms with E-state index >= 15 is 0 Å². The molecule has 0 unspecified atom stereocenters. The highest BCUT2D eigenvalue weighted by Crippen LogP contribution is 2.20. The van der Waals surface area contributed by atoms with Gasteiger partial charge in [0.2, 0.25) is 0 Å². The van der Waals surface area contributed by atoms with Crippen molar-refractivity contribution in [2.24, 2.45) is 5.92 Å². The number of nitrogens with zero attached hydrogens (tertiary/aromatic N) is 1. The maximum absolute atomic E-state index is 11.1. The number of rotatable bonds is 4. The molecule has 0 spiro atoms. The van der Waals surface area contributed by atoms with E-state index in [1.54, 1.807) is 6.07 Å². The van der Waals surface area contributed by atoms with Crippen LogP contribution in [0.1, 0.15) is 13.8 Å². The minimum absolute atomic E-state index is 0.158. The Labute approximate surface area is 111 Å². The Morgan fingerprint density at radius 3 is 2.58 bits per heavy atom. The van der Waals surface area contributed by atoms with Crippen molar-refractivity contribution in [2.45, 2.75) is 13.8 Å². The Morgan fingerprint density at radius 1 is 1.32 bits per heavy atom. The van der Waals surface area contributed by atoms with Crippen molar-refractivity contribution < 1.29 is 4.74 Å². The number of hydrogen-bond donors (Lipinski definition) is 2. The summed E-state index contributed by atoms with van der Waals surface area (Å²) in [6, 6.07) is 9.08. The first kappa shape index (κ1) is 13.1. The minimum Gasteiger partial charge on any atom is -0.493 e. The van der Waals surface area contributed by atoms with Gasteiger partial charge in [-0.3, -0.25) is 4.79 Å². The second kappa shape index (κ2) is 5.56. The van der Waals surface area contributed by atoms with Crippen molar-refractivity contribution in [1.82, 2.24) is 10.2 Å². The molecule has 0 amide bonds. The number of benzene rings is 1. The monoisotopic (exact) mass is 259 g/mol. The van der Waals surface area contributed by atoms with E-state index < -0.39 is 0 Å². The average molecular weight is 259 g/mol. The molecule has 2 rings (SSSR count). The lowest BCUT2D eigenvalue weighted by atomic mass is 10.1. The molecule has 2 aromatic rings. The van der Waals surface area contributed by atoms with E-state index in [1.807, 2.05) is 24.3 Å². The van der Waals surface area contributed by atoms with Crippen molar-refractivity contribution in [3.05, 3.63) is 40.7 Å². The van der Waals surface area contributed by atoms with Crippen LogP contribution in [-0.2, 0) is 0 Å². The predicted octanol–water partition coefficient (Wildman–Crippen LogP) is 2.05. The molecular weight excluding hydrogens is 242 g/mol. The number of ether oxygens (including phenoxy) is 1. The van der Waals surface area contributed by atoms with Crippen LogP contribution in [0.25, 0.3) is 11.3 Å². The van der Waals surface area contributed by atoms with Gasteiger partial charge < -0.3 is 10.5 Å². The maximum Gasteiger partial charge on any atom is 0.287 e. The van der Waals surface area contributed by atoms with E-state index in [1.165, 1.54) is 0 Å². The molecule has 3 N–H and O–H groups in total. The van der Waals surface area contributed by atoms with Gasteiger partial charge in [-0.1, -0.05) is 13.8 Å². The van der Waals surface area contributed by atoms with E-state index in [0.29, 0.717) is 18.2 Å². The van der Waals surface area contributed by atoms with Crippen molar-refractivity contribution >= 4 is 5.69 Å². The molecule has 1 aromatic heterocycles. The lowest BCUT2D eigenvalue weighted by Crippen LogP contribution is -2.13. The molecule has 5 heteroatoms. The number of aromatic nitrogens is 2. The van der Waals surface area contributed by atoms with Crippen LogP contribution in [0, 0.1) is 5.92 Å². The highest BCUT2D eigenvalue weighted by molar-refractivity contribution is 5.62. The van der Waals surface area contributed by atoms with Crippen LogP contribution in [0.3, 0.4) is 0 Å². The van der Waals surface area contributed by atoms with Crippen LogP contribution >= 0.6 is 0 Å². The molecular formula is C14H17N3O2. The van der Waals surface area contributed by atoms with Gasteiger partial charge in [-0.05, 0) is 36.2 Å². The van der Waals surface area contributed by atoms with Crippen LogP contribution in [0.4, 0.5) is 5.69 Å². The normalized spacial score (nSPS) is 10.7. The molecule has 0 saturated heterocycles. The summed E-state index contributed by atoms with van der Waals surface area (Å²) in [6.45, 7) is 4.88. The van der Waals surface area contributed by atoms with Gasteiger partial charge in [-0.15, -0.1) is 0 Å². The van der Waals surface area contributed by atoms with E-state index in [0.717, 1.165) is 11.3 Å². The number of anilines is 1. The highest BCUT2D eigenvalue weighted by Gasteiger charge is 2.03. The molecule has 19 heavy (non-hydrogen) atoms. The number of H-pyrrole nitrogens is 1. The van der Waals surface area contributed by atoms with Crippen LogP contribution in [-0.4, -0.2) is 16.8 Å². The smallest absolute Gasteiger partial charge is 0.287 e. The lowest BCUT2D eigenvalue weighted by molar-refractivity contribution is 0.271. The molecule has 100 valence electrons. The zero-order valence-corrected chi connectivity index (χ0v) is 11.0. The van der Waals surface area contributed by atoms with Gasteiger partial charge in [0.1, 0.15) is 11.4 Å². The van der Waals surface area contributed by atoms with Crippen LogP contribution in [0.5, 0.6) is 5.75 Å². The molecule has 0 aliphatic rings. The third kappa shape index (κ3) is 3.34. The second-order valence-corrected chi connectivity index (χ2v) is 4.77. The Balaban J connectivity index is 2.17. The lowest BCUT2D eigenvalue weighted by Gasteiger charge is -2.09. The second-order valence-electron chi connectivity index (χ2n) is 4.77. The zero-order valence-electron chi connectivity index (χ0n) is 11.0. The largest absolute Gasteiger partial charge is 0.493 e. The topological polar surface area (TPSA) is 81.0 Å². The Kier molecular flexibility index (Phi) is 3.85. The molecule has 0 atom stereocenters. The van der Waals surface area contributed by atoms with E-state index in [2.05, 4.69) is 24.0 Å². The van der Waals surface area contributed by atoms with Gasteiger partial charge in [0.25, 0.3) is 5.56 Å². The third-order valence-electron chi connectivity index (χ3n) is 2.57. The SMILES string of the molecule is CC(C)COc1ccc(-c2cc(N)c(=O)[nH]n2)cc1. The number of hydrogen-bond acceptors (Lipinski definition) is 4. The van der Waals surface area contributed by atoms with Crippen molar-refractivity contribution in [1.29, 1.82) is 0 Å². The summed E-state index contributed by atoms with van der Waals surface area (Å²) in [5.74, 6) is 1.30. The molecule has 0 fully saturated rings. The van der Waals surface area contributed by atoms with Gasteiger partial charge in [0.15, 0.2) is 0 Å². The van der Waals surface area contributed by atoms with Crippen LogP contribution in [0.2, 0.25) is 0 Å². The molecule has 0 aliphatic carbocycles. The summed E-state index contributed by atoms with van der Waals surface area (Å²) in [5, 5.41) is 6.31. The van der Waals surface area contributed by atoms with E-state index in [-0.39, 0.29) is 11.2 Å². The standard InChI is InChI=1S/C14H17N3O2/c1-9(2)8-19-11-5-3-10(4-6-11)13-7-12(15)14(18)17-16-13/h3-7,9H,8H2,1-2H3,(H2,15,16)(H,17,18). The first-order valence-corrected chi connectivity index (χ1v) is 6.14. The van der Waals surface area contributed by atoms with Crippen molar-refractivity contribution in [3.8, 4) is 17.0 Å². The van der Waals surface area contributed by atoms with Crippen LogP contribution in [0.15, 0.2) is 35.1 Å². The highest BCUT2D eigenvalue weighted by atomic mass is 16.5. The fraction of sp³-hybridized carbons (Fsp3) is 0.286. The van der Waals surface area contributed by atoms with Gasteiger partial charge in [0.05, 0.1) is 12.3 Å². The first-order valence-electron chi connectivity index (χ1n) is 6.14. The molecule has 0 bridgehead atoms. The average Bonchev–Trinajstić information content (AvgIpc) is 2.40. The van der Waals surface area contributed by atoms with Crippen molar-refractivity contribution in [3.63, 3.8) is 0 Å². The van der Waals surface area contributed by atoms with Crippen LogP contribution < -0.4 is 16.0 Å². The maximum atomic E-state index is 11.1. The molecule has 1 heterocycles. The number of nitrogen functional groups attached to an aromatic ring is 1. The molecule has 0 saturated carbocycles. The minimum atomic E-state index is -0.374. The summed E-state index contributed by atoms with van der Waals surface area (Å²) < 4.78 is 5.60. The molecule has 5 nitrogen and oxygen atoms in total. The Hall–Kier alpha value is -2.30. The van der Waals surface area contributed by atoms with E-state index in [9.17, 15) is 4.79 Å². The third-order valence-corrected chi connectivity index (χ3v) is 2.57. The quantitative estimate of drug-likeness (QED) is 0.880. The number of aromatic amines is 1. The fourth-order valence-electron chi connectivity index (χ4n) is 1.55. The summed E-state index contributed by atoms with van der Waals surface area (Å²) in [7, 11) is 0. The van der Waals surface area contributed by atoms with Gasteiger partial charge >= 0.3 is 0 Å². The van der Waals surface area contributed by atoms with Crippen molar-refractivity contribution in [2.75, 3.05) is 12.3 Å². The summed E-state index contributed by atoms with van der Waals surface area (Å²) in [5.41, 5.74) is 6.85. The summed E-state index contributed by atoms with van der Waals surface area (Å²) in [6.07, 6.45) is 0. The summed E-state index contributed by atoms with van der Waals surface area (Å²) >= 11 is 0. The number of nitrogens with two attached hydrogens (primary N) is 1. The Bertz CT molecular complexity index is 603. The van der Waals surface area contributed by atoms with Gasteiger partial charge in [-0.2, -0.15) is 5.10 Å². The van der Waals surface area contributed by atoms with E-state index in [4.69, 9.17) is 10.5 Å². The van der Waals surface area contributed by atoms with Gasteiger partial charge in [0, 0.05) is 5.56 Å². The summed E-state index contributed by atoms with van der Waals surface area (Å²) in [4.78, 5) is 11.1.